The molecule has 20 heavy (non-hydrogen) atoms. The molecule has 2 heterocycles. The Morgan fingerprint density at radius 1 is 1.15 bits per heavy atom. The standard InChI is InChI=1S/C13H8Cl2N4O/c14-11-3-8(4-12(15)18-11)13(20)17-9-2-1-7-6-16-19-10(7)5-9/h1-6H,(H,16,19)(H,17,20). The number of carbonyl (C=O) groups excluding carboxylic acids is 1. The van der Waals surface area contributed by atoms with E-state index in [-0.39, 0.29) is 16.2 Å². The highest BCUT2D eigenvalue weighted by Crippen LogP contribution is 2.19. The molecule has 3 aromatic rings. The lowest BCUT2D eigenvalue weighted by atomic mass is 10.2. The number of fused-ring (bicyclic) bond motifs is 1. The number of rotatable bonds is 2. The van der Waals surface area contributed by atoms with E-state index in [0.29, 0.717) is 11.3 Å². The lowest BCUT2D eigenvalue weighted by molar-refractivity contribution is 0.102. The van der Waals surface area contributed by atoms with Crippen molar-refractivity contribution >= 4 is 45.7 Å². The second-order valence-corrected chi connectivity index (χ2v) is 4.90. The second kappa shape index (κ2) is 5.11. The van der Waals surface area contributed by atoms with Crippen molar-refractivity contribution in [3.05, 3.63) is 52.4 Å². The summed E-state index contributed by atoms with van der Waals surface area (Å²) in [6.45, 7) is 0. The number of halogens is 2. The molecule has 0 saturated carbocycles. The minimum Gasteiger partial charge on any atom is -0.322 e. The molecule has 5 nitrogen and oxygen atoms in total. The first-order chi connectivity index (χ1) is 9.61. The van der Waals surface area contributed by atoms with Crippen molar-refractivity contribution < 1.29 is 4.79 Å². The third kappa shape index (κ3) is 2.59. The van der Waals surface area contributed by atoms with Gasteiger partial charge < -0.3 is 5.32 Å². The Balaban J connectivity index is 1.87. The number of aromatic amines is 1. The molecule has 1 aromatic carbocycles. The number of nitrogens with zero attached hydrogens (tertiary/aromatic N) is 2. The van der Waals surface area contributed by atoms with E-state index < -0.39 is 0 Å². The zero-order valence-electron chi connectivity index (χ0n) is 10.0. The van der Waals surface area contributed by atoms with Gasteiger partial charge in [-0.2, -0.15) is 5.10 Å². The van der Waals surface area contributed by atoms with E-state index in [1.165, 1.54) is 12.1 Å². The number of pyridine rings is 1. The molecule has 0 aliphatic carbocycles. The number of H-pyrrole nitrogens is 1. The SMILES string of the molecule is O=C(Nc1ccc2cn[nH]c2c1)c1cc(Cl)nc(Cl)c1. The normalized spacial score (nSPS) is 10.7. The van der Waals surface area contributed by atoms with E-state index in [9.17, 15) is 4.79 Å². The van der Waals surface area contributed by atoms with Crippen molar-refractivity contribution in [2.24, 2.45) is 0 Å². The number of benzene rings is 1. The molecule has 0 radical (unpaired) electrons. The molecule has 2 aromatic heterocycles. The summed E-state index contributed by atoms with van der Waals surface area (Å²) in [6.07, 6.45) is 1.71. The fraction of sp³-hybridized carbons (Fsp3) is 0. The summed E-state index contributed by atoms with van der Waals surface area (Å²) in [5.74, 6) is -0.310. The average Bonchev–Trinajstić information content (AvgIpc) is 2.85. The first-order valence-electron chi connectivity index (χ1n) is 5.69. The van der Waals surface area contributed by atoms with Crippen molar-refractivity contribution in [1.29, 1.82) is 0 Å². The third-order valence-electron chi connectivity index (χ3n) is 2.72. The zero-order chi connectivity index (χ0) is 14.1. The van der Waals surface area contributed by atoms with Gasteiger partial charge in [0.2, 0.25) is 0 Å². The van der Waals surface area contributed by atoms with E-state index in [4.69, 9.17) is 23.2 Å². The van der Waals surface area contributed by atoms with Crippen LogP contribution in [-0.4, -0.2) is 21.1 Å². The molecule has 0 atom stereocenters. The number of hydrogen-bond donors (Lipinski definition) is 2. The molecule has 0 unspecified atom stereocenters. The maximum atomic E-state index is 12.1. The topological polar surface area (TPSA) is 70.7 Å². The summed E-state index contributed by atoms with van der Waals surface area (Å²) in [5, 5.41) is 10.8. The Hall–Kier alpha value is -2.11. The van der Waals surface area contributed by atoms with Crippen LogP contribution in [0.4, 0.5) is 5.69 Å². The van der Waals surface area contributed by atoms with Crippen molar-refractivity contribution in [2.45, 2.75) is 0 Å². The lowest BCUT2D eigenvalue weighted by Gasteiger charge is -2.06. The van der Waals surface area contributed by atoms with Crippen molar-refractivity contribution in [2.75, 3.05) is 5.32 Å². The van der Waals surface area contributed by atoms with E-state index in [0.717, 1.165) is 10.9 Å². The molecule has 3 rings (SSSR count). The molecule has 0 fully saturated rings. The van der Waals surface area contributed by atoms with E-state index in [1.807, 2.05) is 6.07 Å². The lowest BCUT2D eigenvalue weighted by Crippen LogP contribution is -2.12. The highest BCUT2D eigenvalue weighted by atomic mass is 35.5. The summed E-state index contributed by atoms with van der Waals surface area (Å²) in [4.78, 5) is 15.9. The van der Waals surface area contributed by atoms with Crippen LogP contribution in [0.1, 0.15) is 10.4 Å². The average molecular weight is 307 g/mol. The number of aromatic nitrogens is 3. The van der Waals surface area contributed by atoms with E-state index in [2.05, 4.69) is 20.5 Å². The Bertz CT molecular complexity index is 780. The first kappa shape index (κ1) is 12.9. The number of nitrogens with one attached hydrogen (secondary N) is 2. The Labute approximate surface area is 123 Å². The molecule has 2 N–H and O–H groups in total. The monoisotopic (exact) mass is 306 g/mol. The van der Waals surface area contributed by atoms with Gasteiger partial charge in [0.25, 0.3) is 5.91 Å². The third-order valence-corrected chi connectivity index (χ3v) is 3.11. The van der Waals surface area contributed by atoms with Gasteiger partial charge in [0, 0.05) is 16.6 Å². The molecular formula is C13H8Cl2N4O. The van der Waals surface area contributed by atoms with Gasteiger partial charge >= 0.3 is 0 Å². The molecule has 0 bridgehead atoms. The molecule has 1 amide bonds. The predicted octanol–water partition coefficient (Wildman–Crippen LogP) is 3.52. The highest BCUT2D eigenvalue weighted by Gasteiger charge is 2.09. The van der Waals surface area contributed by atoms with Crippen molar-refractivity contribution in [1.82, 2.24) is 15.2 Å². The van der Waals surface area contributed by atoms with Crippen LogP contribution in [0, 0.1) is 0 Å². The fourth-order valence-electron chi connectivity index (χ4n) is 1.81. The first-order valence-corrected chi connectivity index (χ1v) is 6.45. The molecule has 0 saturated heterocycles. The van der Waals surface area contributed by atoms with Crippen LogP contribution < -0.4 is 5.32 Å². The highest BCUT2D eigenvalue weighted by molar-refractivity contribution is 6.33. The quantitative estimate of drug-likeness (QED) is 0.712. The minimum absolute atomic E-state index is 0.173. The summed E-state index contributed by atoms with van der Waals surface area (Å²) >= 11 is 11.5. The molecule has 0 spiro atoms. The largest absolute Gasteiger partial charge is 0.322 e. The fourth-order valence-corrected chi connectivity index (χ4v) is 2.27. The van der Waals surface area contributed by atoms with Crippen LogP contribution >= 0.6 is 23.2 Å². The van der Waals surface area contributed by atoms with Gasteiger partial charge in [0.1, 0.15) is 10.3 Å². The molecule has 7 heteroatoms. The summed E-state index contributed by atoms with van der Waals surface area (Å²) in [7, 11) is 0. The summed E-state index contributed by atoms with van der Waals surface area (Å²) in [6, 6.07) is 8.36. The second-order valence-electron chi connectivity index (χ2n) is 4.13. The summed E-state index contributed by atoms with van der Waals surface area (Å²) in [5.41, 5.74) is 1.84. The van der Waals surface area contributed by atoms with Crippen LogP contribution in [0.2, 0.25) is 10.3 Å². The molecule has 0 aliphatic heterocycles. The van der Waals surface area contributed by atoms with Gasteiger partial charge in [-0.05, 0) is 30.3 Å². The number of amides is 1. The van der Waals surface area contributed by atoms with Gasteiger partial charge in [-0.15, -0.1) is 0 Å². The number of anilines is 1. The predicted molar refractivity (Wildman–Crippen MR) is 78.3 cm³/mol. The number of hydrogen-bond acceptors (Lipinski definition) is 3. The smallest absolute Gasteiger partial charge is 0.255 e. The zero-order valence-corrected chi connectivity index (χ0v) is 11.5. The van der Waals surface area contributed by atoms with Gasteiger partial charge in [-0.25, -0.2) is 4.98 Å². The maximum absolute atomic E-state index is 12.1. The Morgan fingerprint density at radius 3 is 2.65 bits per heavy atom. The van der Waals surface area contributed by atoms with E-state index in [1.54, 1.807) is 18.3 Å². The van der Waals surface area contributed by atoms with Gasteiger partial charge in [0.05, 0.1) is 11.7 Å². The van der Waals surface area contributed by atoms with Crippen LogP contribution in [0.25, 0.3) is 10.9 Å². The van der Waals surface area contributed by atoms with Crippen LogP contribution in [0.3, 0.4) is 0 Å². The molecule has 0 aliphatic rings. The molecular weight excluding hydrogens is 299 g/mol. The number of carbonyl (C=O) groups is 1. The van der Waals surface area contributed by atoms with Gasteiger partial charge in [-0.1, -0.05) is 23.2 Å². The van der Waals surface area contributed by atoms with Crippen LogP contribution in [0.5, 0.6) is 0 Å². The Kier molecular flexibility index (Phi) is 3.30. The minimum atomic E-state index is -0.310. The van der Waals surface area contributed by atoms with Gasteiger partial charge in [0.15, 0.2) is 0 Å². The van der Waals surface area contributed by atoms with Gasteiger partial charge in [-0.3, -0.25) is 9.89 Å². The van der Waals surface area contributed by atoms with Crippen molar-refractivity contribution in [3.8, 4) is 0 Å². The summed E-state index contributed by atoms with van der Waals surface area (Å²) < 4.78 is 0. The maximum Gasteiger partial charge on any atom is 0.255 e. The Morgan fingerprint density at radius 2 is 1.90 bits per heavy atom. The van der Waals surface area contributed by atoms with E-state index >= 15 is 0 Å². The van der Waals surface area contributed by atoms with Crippen LogP contribution in [-0.2, 0) is 0 Å². The molecule has 100 valence electrons. The van der Waals surface area contributed by atoms with Crippen molar-refractivity contribution in [3.63, 3.8) is 0 Å². The van der Waals surface area contributed by atoms with Crippen LogP contribution in [0.15, 0.2) is 36.5 Å².